The number of rotatable bonds is 4. The molecule has 120 valence electrons. The van der Waals surface area contributed by atoms with Crippen LogP contribution in [0.2, 0.25) is 0 Å². The number of likely N-dealkylation sites (tertiary alicyclic amines) is 2. The Labute approximate surface area is 127 Å². The van der Waals surface area contributed by atoms with Crippen LogP contribution in [0.25, 0.3) is 0 Å². The van der Waals surface area contributed by atoms with Crippen molar-refractivity contribution in [1.82, 2.24) is 9.80 Å². The van der Waals surface area contributed by atoms with E-state index in [1.807, 2.05) is 0 Å². The maximum absolute atomic E-state index is 12.1. The second-order valence-corrected chi connectivity index (χ2v) is 7.23. The van der Waals surface area contributed by atoms with Crippen molar-refractivity contribution in [3.8, 4) is 0 Å². The summed E-state index contributed by atoms with van der Waals surface area (Å²) in [6.07, 6.45) is 2.93. The molecular weight excluding hydrogens is 266 g/mol. The summed E-state index contributed by atoms with van der Waals surface area (Å²) in [6, 6.07) is 0.830. The third-order valence-corrected chi connectivity index (χ3v) is 5.83. The summed E-state index contributed by atoms with van der Waals surface area (Å²) in [6.45, 7) is 7.14. The minimum Gasteiger partial charge on any atom is -0.384 e. The summed E-state index contributed by atoms with van der Waals surface area (Å²) < 4.78 is 5.49. The standard InChI is InChI=1S/C16H29N3O2/c1-10(2)19-8-11-7-13(18-6-4-5-14(18)20)12(9-21-3)15(11)16(19)17/h10-13,15-16H,4-9,17H2,1-3H3. The predicted molar refractivity (Wildman–Crippen MR) is 81.5 cm³/mol. The number of methoxy groups -OCH3 is 1. The first-order valence-electron chi connectivity index (χ1n) is 8.34. The highest BCUT2D eigenvalue weighted by molar-refractivity contribution is 5.78. The monoisotopic (exact) mass is 295 g/mol. The Morgan fingerprint density at radius 2 is 2.19 bits per heavy atom. The Morgan fingerprint density at radius 3 is 2.76 bits per heavy atom. The molecule has 0 aromatic carbocycles. The first-order valence-corrected chi connectivity index (χ1v) is 8.34. The molecule has 3 fully saturated rings. The number of amides is 1. The fourth-order valence-electron chi connectivity index (χ4n) is 4.94. The number of hydrogen-bond donors (Lipinski definition) is 1. The van der Waals surface area contributed by atoms with E-state index in [1.165, 1.54) is 0 Å². The quantitative estimate of drug-likeness (QED) is 0.836. The molecule has 1 amide bonds. The molecule has 21 heavy (non-hydrogen) atoms. The van der Waals surface area contributed by atoms with Gasteiger partial charge in [-0.1, -0.05) is 0 Å². The lowest BCUT2D eigenvalue weighted by molar-refractivity contribution is -0.131. The molecule has 0 aromatic rings. The SMILES string of the molecule is COCC1C2C(CC1N1CCCC1=O)CN(C(C)C)C2N. The summed E-state index contributed by atoms with van der Waals surface area (Å²) in [5, 5.41) is 0. The van der Waals surface area contributed by atoms with Gasteiger partial charge >= 0.3 is 0 Å². The van der Waals surface area contributed by atoms with Crippen molar-refractivity contribution in [2.24, 2.45) is 23.5 Å². The molecule has 1 saturated carbocycles. The fraction of sp³-hybridized carbons (Fsp3) is 0.938. The van der Waals surface area contributed by atoms with Crippen molar-refractivity contribution in [1.29, 1.82) is 0 Å². The van der Waals surface area contributed by atoms with E-state index in [1.54, 1.807) is 7.11 Å². The average molecular weight is 295 g/mol. The summed E-state index contributed by atoms with van der Waals surface area (Å²) >= 11 is 0. The van der Waals surface area contributed by atoms with E-state index in [4.69, 9.17) is 10.5 Å². The van der Waals surface area contributed by atoms with E-state index in [0.717, 1.165) is 39.0 Å². The molecule has 0 aromatic heterocycles. The van der Waals surface area contributed by atoms with Crippen molar-refractivity contribution in [3.63, 3.8) is 0 Å². The number of nitrogens with two attached hydrogens (primary N) is 1. The first kappa shape index (κ1) is 15.3. The molecule has 3 rings (SSSR count). The zero-order chi connectivity index (χ0) is 15.1. The minimum absolute atomic E-state index is 0.109. The van der Waals surface area contributed by atoms with Gasteiger partial charge in [0.2, 0.25) is 5.91 Å². The van der Waals surface area contributed by atoms with Gasteiger partial charge in [-0.15, -0.1) is 0 Å². The fourth-order valence-corrected chi connectivity index (χ4v) is 4.94. The molecule has 1 aliphatic carbocycles. The average Bonchev–Trinajstić information content (AvgIpc) is 3.07. The van der Waals surface area contributed by atoms with Crippen LogP contribution in [0.1, 0.15) is 33.1 Å². The molecule has 2 aliphatic heterocycles. The molecule has 2 N–H and O–H groups in total. The van der Waals surface area contributed by atoms with Crippen molar-refractivity contribution >= 4 is 5.91 Å². The van der Waals surface area contributed by atoms with Gasteiger partial charge in [0.05, 0.1) is 12.8 Å². The van der Waals surface area contributed by atoms with E-state index in [0.29, 0.717) is 35.7 Å². The lowest BCUT2D eigenvalue weighted by Gasteiger charge is -2.35. The number of carbonyl (C=O) groups excluding carboxylic acids is 1. The minimum atomic E-state index is 0.109. The van der Waals surface area contributed by atoms with E-state index >= 15 is 0 Å². The van der Waals surface area contributed by atoms with Crippen LogP contribution < -0.4 is 5.73 Å². The normalized spacial score (nSPS) is 40.5. The zero-order valence-electron chi connectivity index (χ0n) is 13.5. The van der Waals surface area contributed by atoms with Gasteiger partial charge in [0, 0.05) is 44.6 Å². The van der Waals surface area contributed by atoms with Gasteiger partial charge in [0.15, 0.2) is 0 Å². The lowest BCUT2D eigenvalue weighted by atomic mass is 9.89. The Hall–Kier alpha value is -0.650. The van der Waals surface area contributed by atoms with Gasteiger partial charge < -0.3 is 15.4 Å². The molecular formula is C16H29N3O2. The highest BCUT2D eigenvalue weighted by Gasteiger charge is 2.54. The summed E-state index contributed by atoms with van der Waals surface area (Å²) in [4.78, 5) is 16.7. The Kier molecular flexibility index (Phi) is 4.26. The molecule has 3 aliphatic rings. The van der Waals surface area contributed by atoms with Crippen molar-refractivity contribution in [2.75, 3.05) is 26.8 Å². The molecule has 5 atom stereocenters. The smallest absolute Gasteiger partial charge is 0.222 e. The molecule has 2 heterocycles. The van der Waals surface area contributed by atoms with Crippen molar-refractivity contribution < 1.29 is 9.53 Å². The molecule has 5 heteroatoms. The zero-order valence-corrected chi connectivity index (χ0v) is 13.5. The van der Waals surface area contributed by atoms with Crippen LogP contribution in [-0.2, 0) is 9.53 Å². The molecule has 5 nitrogen and oxygen atoms in total. The van der Waals surface area contributed by atoms with Crippen molar-refractivity contribution in [2.45, 2.75) is 51.4 Å². The number of ether oxygens (including phenoxy) is 1. The number of fused-ring (bicyclic) bond motifs is 1. The first-order chi connectivity index (χ1) is 10.0. The van der Waals surface area contributed by atoms with Crippen LogP contribution in [0.5, 0.6) is 0 Å². The van der Waals surface area contributed by atoms with Gasteiger partial charge in [-0.3, -0.25) is 9.69 Å². The van der Waals surface area contributed by atoms with Crippen LogP contribution in [-0.4, -0.2) is 60.8 Å². The number of nitrogens with zero attached hydrogens (tertiary/aromatic N) is 2. The third-order valence-electron chi connectivity index (χ3n) is 5.83. The van der Waals surface area contributed by atoms with Crippen LogP contribution in [0, 0.1) is 17.8 Å². The maximum atomic E-state index is 12.1. The van der Waals surface area contributed by atoms with Crippen LogP contribution in [0.3, 0.4) is 0 Å². The summed E-state index contributed by atoms with van der Waals surface area (Å²) in [5.41, 5.74) is 6.55. The lowest BCUT2D eigenvalue weighted by Crippen LogP contribution is -2.50. The maximum Gasteiger partial charge on any atom is 0.222 e. The van der Waals surface area contributed by atoms with Crippen LogP contribution >= 0.6 is 0 Å². The van der Waals surface area contributed by atoms with Gasteiger partial charge in [0.25, 0.3) is 0 Å². The van der Waals surface area contributed by atoms with Gasteiger partial charge in [0.1, 0.15) is 0 Å². The highest BCUT2D eigenvalue weighted by atomic mass is 16.5. The largest absolute Gasteiger partial charge is 0.384 e. The van der Waals surface area contributed by atoms with E-state index in [9.17, 15) is 4.79 Å². The van der Waals surface area contributed by atoms with Gasteiger partial charge in [-0.25, -0.2) is 0 Å². The molecule has 0 spiro atoms. The second kappa shape index (κ2) is 5.86. The Bertz CT molecular complexity index is 401. The Balaban J connectivity index is 1.79. The third kappa shape index (κ3) is 2.49. The van der Waals surface area contributed by atoms with E-state index in [-0.39, 0.29) is 6.17 Å². The van der Waals surface area contributed by atoms with Crippen LogP contribution in [0.4, 0.5) is 0 Å². The molecule has 5 unspecified atom stereocenters. The second-order valence-electron chi connectivity index (χ2n) is 7.23. The predicted octanol–water partition coefficient (Wildman–Crippen LogP) is 0.885. The van der Waals surface area contributed by atoms with Gasteiger partial charge in [-0.05, 0) is 38.5 Å². The highest BCUT2D eigenvalue weighted by Crippen LogP contribution is 2.47. The number of carbonyl (C=O) groups is 1. The number of hydrogen-bond acceptors (Lipinski definition) is 4. The summed E-state index contributed by atoms with van der Waals surface area (Å²) in [7, 11) is 1.76. The molecule has 0 bridgehead atoms. The topological polar surface area (TPSA) is 58.8 Å². The van der Waals surface area contributed by atoms with Crippen LogP contribution in [0.15, 0.2) is 0 Å². The Morgan fingerprint density at radius 1 is 1.43 bits per heavy atom. The van der Waals surface area contributed by atoms with E-state index < -0.39 is 0 Å². The molecule has 2 saturated heterocycles. The van der Waals surface area contributed by atoms with E-state index in [2.05, 4.69) is 23.6 Å². The van der Waals surface area contributed by atoms with Gasteiger partial charge in [-0.2, -0.15) is 0 Å². The van der Waals surface area contributed by atoms with Crippen molar-refractivity contribution in [3.05, 3.63) is 0 Å². The molecule has 0 radical (unpaired) electrons. The summed E-state index contributed by atoms with van der Waals surface area (Å²) in [5.74, 6) is 1.79.